The van der Waals surface area contributed by atoms with Gasteiger partial charge in [-0.05, 0) is 50.8 Å². The van der Waals surface area contributed by atoms with Crippen LogP contribution in [0.3, 0.4) is 0 Å². The Kier molecular flexibility index (Phi) is 12.4. The highest BCUT2D eigenvalue weighted by Gasteiger charge is 2.27. The summed E-state index contributed by atoms with van der Waals surface area (Å²) in [4.78, 5) is 31.1. The van der Waals surface area contributed by atoms with Crippen LogP contribution in [0.4, 0.5) is 0 Å². The van der Waals surface area contributed by atoms with Gasteiger partial charge < -0.3 is 20.3 Å². The molecule has 1 aliphatic heterocycles. The number of nitrogens with zero attached hydrogens (tertiary/aromatic N) is 2. The van der Waals surface area contributed by atoms with Gasteiger partial charge in [0.15, 0.2) is 5.96 Å². The second-order valence-corrected chi connectivity index (χ2v) is 7.14. The molecule has 1 aromatic carbocycles. The Labute approximate surface area is 197 Å². The zero-order valence-corrected chi connectivity index (χ0v) is 20.6. The minimum absolute atomic E-state index is 0. The van der Waals surface area contributed by atoms with Crippen LogP contribution >= 0.6 is 24.0 Å². The summed E-state index contributed by atoms with van der Waals surface area (Å²) in [5.74, 6) is 0.681. The van der Waals surface area contributed by atoms with Crippen LogP contribution in [0.1, 0.15) is 56.0 Å². The monoisotopic (exact) mass is 530 g/mol. The van der Waals surface area contributed by atoms with E-state index in [2.05, 4.69) is 15.5 Å². The number of piperidine rings is 1. The number of nitrogens with one attached hydrogen (secondary N) is 2. The molecular weight excluding hydrogens is 495 g/mol. The summed E-state index contributed by atoms with van der Waals surface area (Å²) in [5, 5.41) is 6.24. The molecule has 0 radical (unpaired) electrons. The molecule has 1 saturated heterocycles. The first kappa shape index (κ1) is 26.2. The first-order chi connectivity index (χ1) is 14.1. The van der Waals surface area contributed by atoms with Crippen LogP contribution in [0.5, 0.6) is 0 Å². The lowest BCUT2D eigenvalue weighted by atomic mass is 9.97. The third kappa shape index (κ3) is 8.12. The van der Waals surface area contributed by atoms with Crippen LogP contribution in [0.15, 0.2) is 29.3 Å². The van der Waals surface area contributed by atoms with E-state index in [0.29, 0.717) is 25.3 Å². The second-order valence-electron chi connectivity index (χ2n) is 7.14. The number of carbonyl (C=O) groups is 2. The molecule has 2 rings (SSSR count). The van der Waals surface area contributed by atoms with Gasteiger partial charge in [-0.3, -0.25) is 9.59 Å². The molecule has 168 valence electrons. The summed E-state index contributed by atoms with van der Waals surface area (Å²) in [6.07, 6.45) is 2.46. The standard InChI is InChI=1S/C22H34N4O3.HI/c1-4-12-24-20(27)19-9-7-8-17(15-19)16-25-22(23-5-2)26-13-10-18(11-14-26)21(28)29-6-3;/h7-9,15,18H,4-6,10-14,16H2,1-3H3,(H,23,25)(H,24,27);1H. The van der Waals surface area contributed by atoms with Gasteiger partial charge in [0.1, 0.15) is 0 Å². The number of rotatable bonds is 8. The van der Waals surface area contributed by atoms with Crippen molar-refractivity contribution in [3.8, 4) is 0 Å². The minimum Gasteiger partial charge on any atom is -0.466 e. The number of likely N-dealkylation sites (tertiary alicyclic amines) is 1. The molecular formula is C22H35IN4O3. The summed E-state index contributed by atoms with van der Waals surface area (Å²) < 4.78 is 5.15. The van der Waals surface area contributed by atoms with Crippen molar-refractivity contribution in [1.29, 1.82) is 0 Å². The Morgan fingerprint density at radius 3 is 2.53 bits per heavy atom. The number of ether oxygens (including phenoxy) is 1. The number of esters is 1. The quantitative estimate of drug-likeness (QED) is 0.234. The predicted molar refractivity (Wildman–Crippen MR) is 130 cm³/mol. The van der Waals surface area contributed by atoms with Gasteiger partial charge in [-0.25, -0.2) is 4.99 Å². The average Bonchev–Trinajstić information content (AvgIpc) is 2.75. The Hall–Kier alpha value is -1.84. The van der Waals surface area contributed by atoms with Gasteiger partial charge in [-0.2, -0.15) is 0 Å². The number of hydrogen-bond donors (Lipinski definition) is 2. The van der Waals surface area contributed by atoms with Crippen LogP contribution in [0.25, 0.3) is 0 Å². The van der Waals surface area contributed by atoms with Crippen molar-refractivity contribution >= 4 is 41.8 Å². The zero-order chi connectivity index (χ0) is 21.1. The highest BCUT2D eigenvalue weighted by Crippen LogP contribution is 2.19. The number of amides is 1. The molecule has 0 aromatic heterocycles. The minimum atomic E-state index is -0.0905. The number of guanidine groups is 1. The Morgan fingerprint density at radius 2 is 1.90 bits per heavy atom. The molecule has 1 heterocycles. The molecule has 2 N–H and O–H groups in total. The molecule has 30 heavy (non-hydrogen) atoms. The van der Waals surface area contributed by atoms with E-state index in [1.165, 1.54) is 0 Å². The average molecular weight is 530 g/mol. The third-order valence-corrected chi connectivity index (χ3v) is 4.89. The van der Waals surface area contributed by atoms with E-state index in [0.717, 1.165) is 50.4 Å². The smallest absolute Gasteiger partial charge is 0.309 e. The highest BCUT2D eigenvalue weighted by atomic mass is 127. The maximum absolute atomic E-state index is 12.2. The van der Waals surface area contributed by atoms with Crippen LogP contribution in [-0.4, -0.2) is 55.5 Å². The van der Waals surface area contributed by atoms with Crippen LogP contribution < -0.4 is 10.6 Å². The zero-order valence-electron chi connectivity index (χ0n) is 18.3. The topological polar surface area (TPSA) is 83.0 Å². The van der Waals surface area contributed by atoms with Gasteiger partial charge in [0.25, 0.3) is 5.91 Å². The van der Waals surface area contributed by atoms with Crippen molar-refractivity contribution in [2.45, 2.75) is 46.6 Å². The first-order valence-electron chi connectivity index (χ1n) is 10.7. The lowest BCUT2D eigenvalue weighted by Crippen LogP contribution is -2.46. The molecule has 7 nitrogen and oxygen atoms in total. The molecule has 1 aromatic rings. The van der Waals surface area contributed by atoms with Crippen molar-refractivity contribution in [1.82, 2.24) is 15.5 Å². The van der Waals surface area contributed by atoms with Crippen molar-refractivity contribution < 1.29 is 14.3 Å². The number of halogens is 1. The van der Waals surface area contributed by atoms with Gasteiger partial charge >= 0.3 is 5.97 Å². The lowest BCUT2D eigenvalue weighted by Gasteiger charge is -2.33. The van der Waals surface area contributed by atoms with E-state index in [1.54, 1.807) is 0 Å². The molecule has 8 heteroatoms. The third-order valence-electron chi connectivity index (χ3n) is 4.89. The van der Waals surface area contributed by atoms with Gasteiger partial charge in [0.05, 0.1) is 19.1 Å². The van der Waals surface area contributed by atoms with Gasteiger partial charge in [-0.1, -0.05) is 19.1 Å². The SMILES string of the molecule is CCCNC(=O)c1cccc(CN=C(NCC)N2CCC(C(=O)OCC)CC2)c1.I. The summed E-state index contributed by atoms with van der Waals surface area (Å²) in [6.45, 7) is 9.83. The summed E-state index contributed by atoms with van der Waals surface area (Å²) in [5.41, 5.74) is 1.65. The van der Waals surface area contributed by atoms with Crippen LogP contribution in [0.2, 0.25) is 0 Å². The summed E-state index contributed by atoms with van der Waals surface area (Å²) in [6, 6.07) is 7.59. The Balaban J connectivity index is 0.00000450. The molecule has 1 amide bonds. The van der Waals surface area contributed by atoms with Gasteiger partial charge in [0, 0.05) is 31.7 Å². The number of hydrogen-bond acceptors (Lipinski definition) is 4. The molecule has 1 fully saturated rings. The molecule has 0 spiro atoms. The predicted octanol–water partition coefficient (Wildman–Crippen LogP) is 3.19. The van der Waals surface area contributed by atoms with E-state index >= 15 is 0 Å². The molecule has 0 unspecified atom stereocenters. The van der Waals surface area contributed by atoms with E-state index in [-0.39, 0.29) is 41.8 Å². The largest absolute Gasteiger partial charge is 0.466 e. The normalized spacial score (nSPS) is 14.6. The molecule has 1 aliphatic rings. The van der Waals surface area contributed by atoms with Gasteiger partial charge in [0.2, 0.25) is 0 Å². The summed E-state index contributed by atoms with van der Waals surface area (Å²) >= 11 is 0. The molecule has 0 bridgehead atoms. The van der Waals surface area contributed by atoms with Gasteiger partial charge in [-0.15, -0.1) is 24.0 Å². The van der Waals surface area contributed by atoms with Crippen molar-refractivity contribution in [2.24, 2.45) is 10.9 Å². The van der Waals surface area contributed by atoms with E-state index in [4.69, 9.17) is 9.73 Å². The molecule has 0 atom stereocenters. The van der Waals surface area contributed by atoms with Crippen LogP contribution in [0, 0.1) is 5.92 Å². The first-order valence-corrected chi connectivity index (χ1v) is 10.7. The maximum Gasteiger partial charge on any atom is 0.309 e. The fourth-order valence-electron chi connectivity index (χ4n) is 3.33. The molecule has 0 saturated carbocycles. The van der Waals surface area contributed by atoms with Crippen molar-refractivity contribution in [3.05, 3.63) is 35.4 Å². The van der Waals surface area contributed by atoms with E-state index in [9.17, 15) is 9.59 Å². The Morgan fingerprint density at radius 1 is 1.17 bits per heavy atom. The Bertz CT molecular complexity index is 703. The fourth-order valence-corrected chi connectivity index (χ4v) is 3.33. The highest BCUT2D eigenvalue weighted by molar-refractivity contribution is 14.0. The van der Waals surface area contributed by atoms with Crippen LogP contribution in [-0.2, 0) is 16.1 Å². The second kappa shape index (κ2) is 14.2. The van der Waals surface area contributed by atoms with E-state index in [1.807, 2.05) is 45.0 Å². The van der Waals surface area contributed by atoms with E-state index < -0.39 is 0 Å². The van der Waals surface area contributed by atoms with Crippen molar-refractivity contribution in [3.63, 3.8) is 0 Å². The van der Waals surface area contributed by atoms with Crippen molar-refractivity contribution in [2.75, 3.05) is 32.8 Å². The molecule has 0 aliphatic carbocycles. The lowest BCUT2D eigenvalue weighted by molar-refractivity contribution is -0.149. The summed E-state index contributed by atoms with van der Waals surface area (Å²) in [7, 11) is 0. The fraction of sp³-hybridized carbons (Fsp3) is 0.591. The number of aliphatic imine (C=N–C) groups is 1. The maximum atomic E-state index is 12.2. The number of carbonyl (C=O) groups excluding carboxylic acids is 2. The number of benzene rings is 1.